The summed E-state index contributed by atoms with van der Waals surface area (Å²) in [6, 6.07) is 25.4. The Bertz CT molecular complexity index is 1630. The van der Waals surface area contributed by atoms with E-state index in [1.807, 2.05) is 36.4 Å². The van der Waals surface area contributed by atoms with Crippen molar-refractivity contribution in [2.75, 3.05) is 31.9 Å². The highest BCUT2D eigenvalue weighted by Crippen LogP contribution is 2.40. The number of hydrogen-bond acceptors (Lipinski definition) is 5. The van der Waals surface area contributed by atoms with E-state index in [9.17, 15) is 9.59 Å². The van der Waals surface area contributed by atoms with Gasteiger partial charge in [-0.05, 0) is 67.6 Å². The van der Waals surface area contributed by atoms with Gasteiger partial charge in [-0.1, -0.05) is 78.8 Å². The third-order valence-corrected chi connectivity index (χ3v) is 9.94. The smallest absolute Gasteiger partial charge is 0.266 e. The van der Waals surface area contributed by atoms with Crippen LogP contribution in [0.1, 0.15) is 38.2 Å². The first-order valence-corrected chi connectivity index (χ1v) is 16.2. The molecule has 218 valence electrons. The zero-order valence-corrected chi connectivity index (χ0v) is 25.6. The van der Waals surface area contributed by atoms with Crippen LogP contribution in [-0.2, 0) is 11.3 Å². The van der Waals surface area contributed by atoms with E-state index in [0.29, 0.717) is 33.2 Å². The van der Waals surface area contributed by atoms with Crippen molar-refractivity contribution in [3.05, 3.63) is 99.8 Å². The van der Waals surface area contributed by atoms with E-state index in [1.165, 1.54) is 12.0 Å². The molecule has 0 bridgehead atoms. The molecule has 1 spiro atoms. The zero-order chi connectivity index (χ0) is 29.1. The predicted octanol–water partition coefficient (Wildman–Crippen LogP) is 6.67. The fourth-order valence-electron chi connectivity index (χ4n) is 6.42. The highest BCUT2D eigenvalue weighted by Gasteiger charge is 2.44. The Morgan fingerprint density at radius 1 is 1.00 bits per heavy atom. The van der Waals surface area contributed by atoms with Crippen LogP contribution >= 0.6 is 23.4 Å². The first-order chi connectivity index (χ1) is 20.4. The second-order valence-corrected chi connectivity index (χ2v) is 13.5. The van der Waals surface area contributed by atoms with E-state index >= 15 is 0 Å². The van der Waals surface area contributed by atoms with Gasteiger partial charge in [-0.25, -0.2) is 4.98 Å². The summed E-state index contributed by atoms with van der Waals surface area (Å²) in [5.41, 5.74) is 2.88. The maximum absolute atomic E-state index is 13.5. The van der Waals surface area contributed by atoms with E-state index in [2.05, 4.69) is 47.1 Å². The SMILES string of the molecule is CC(CCSc1nc2ccccc2c(=O)n1-c1cccc(Cl)c1)CC(=O)N1CCC2(CCN(Cc3ccccc3)C2)C1. The highest BCUT2D eigenvalue weighted by atomic mass is 35.5. The number of benzene rings is 3. The number of rotatable bonds is 9. The molecule has 2 saturated heterocycles. The minimum atomic E-state index is -0.106. The molecule has 1 amide bonds. The molecule has 8 heteroatoms. The number of para-hydroxylation sites is 1. The van der Waals surface area contributed by atoms with E-state index in [4.69, 9.17) is 16.6 Å². The van der Waals surface area contributed by atoms with Crippen LogP contribution < -0.4 is 5.56 Å². The van der Waals surface area contributed by atoms with Crippen molar-refractivity contribution in [3.63, 3.8) is 0 Å². The fraction of sp³-hybridized carbons (Fsp3) is 0.382. The van der Waals surface area contributed by atoms with Gasteiger partial charge in [0, 0.05) is 48.8 Å². The first kappa shape index (κ1) is 29.0. The molecule has 0 N–H and O–H groups in total. The van der Waals surface area contributed by atoms with Crippen LogP contribution in [-0.4, -0.2) is 57.2 Å². The molecule has 0 aliphatic carbocycles. The number of fused-ring (bicyclic) bond motifs is 1. The third kappa shape index (κ3) is 6.43. The van der Waals surface area contributed by atoms with Gasteiger partial charge in [-0.3, -0.25) is 19.1 Å². The molecule has 2 aliphatic heterocycles. The van der Waals surface area contributed by atoms with Crippen molar-refractivity contribution in [2.45, 2.75) is 44.3 Å². The molecule has 6 nitrogen and oxygen atoms in total. The van der Waals surface area contributed by atoms with Gasteiger partial charge in [0.05, 0.1) is 16.6 Å². The molecular weight excluding hydrogens is 564 g/mol. The van der Waals surface area contributed by atoms with Gasteiger partial charge in [-0.2, -0.15) is 0 Å². The van der Waals surface area contributed by atoms with Gasteiger partial charge in [-0.15, -0.1) is 0 Å². The molecule has 2 atom stereocenters. The average Bonchev–Trinajstić information content (AvgIpc) is 3.59. The second kappa shape index (κ2) is 12.6. The lowest BCUT2D eigenvalue weighted by atomic mass is 9.86. The molecule has 1 aromatic heterocycles. The van der Waals surface area contributed by atoms with Crippen LogP contribution in [0, 0.1) is 11.3 Å². The summed E-state index contributed by atoms with van der Waals surface area (Å²) in [5, 5.41) is 1.79. The number of aromatic nitrogens is 2. The summed E-state index contributed by atoms with van der Waals surface area (Å²) in [6.45, 7) is 7.07. The Labute approximate surface area is 256 Å². The summed E-state index contributed by atoms with van der Waals surface area (Å²) in [6.07, 6.45) is 3.68. The standard InChI is InChI=1S/C34H37ClN4O2S/c1-25(20-31(40)38-18-16-34(24-38)15-17-37(23-34)22-26-8-3-2-4-9-26)14-19-42-33-36-30-13-6-5-12-29(30)32(41)39(33)28-11-7-10-27(35)21-28/h2-13,21,25H,14-20,22-24H2,1H3. The summed E-state index contributed by atoms with van der Waals surface area (Å²) >= 11 is 7.82. The highest BCUT2D eigenvalue weighted by molar-refractivity contribution is 7.99. The molecule has 2 fully saturated rings. The number of nitrogens with zero attached hydrogens (tertiary/aromatic N) is 4. The van der Waals surface area contributed by atoms with Gasteiger partial charge in [0.2, 0.25) is 5.91 Å². The maximum atomic E-state index is 13.5. The molecule has 3 heterocycles. The van der Waals surface area contributed by atoms with Crippen LogP contribution in [0.3, 0.4) is 0 Å². The van der Waals surface area contributed by atoms with Crippen molar-refractivity contribution in [2.24, 2.45) is 11.3 Å². The van der Waals surface area contributed by atoms with Crippen LogP contribution in [0.25, 0.3) is 16.6 Å². The lowest BCUT2D eigenvalue weighted by Crippen LogP contribution is -2.34. The number of likely N-dealkylation sites (tertiary alicyclic amines) is 2. The molecule has 2 unspecified atom stereocenters. The Hall–Kier alpha value is -3.13. The monoisotopic (exact) mass is 600 g/mol. The lowest BCUT2D eigenvalue weighted by molar-refractivity contribution is -0.131. The largest absolute Gasteiger partial charge is 0.342 e. The Balaban J connectivity index is 1.05. The van der Waals surface area contributed by atoms with Crippen molar-refractivity contribution >= 4 is 40.2 Å². The molecule has 6 rings (SSSR count). The average molecular weight is 601 g/mol. The van der Waals surface area contributed by atoms with Crippen molar-refractivity contribution in [3.8, 4) is 5.69 Å². The van der Waals surface area contributed by atoms with E-state index in [1.54, 1.807) is 28.5 Å². The number of carbonyl (C=O) groups excluding carboxylic acids is 1. The Kier molecular flexibility index (Phi) is 8.70. The molecule has 4 aromatic rings. The van der Waals surface area contributed by atoms with E-state index in [0.717, 1.165) is 51.3 Å². The van der Waals surface area contributed by atoms with Crippen molar-refractivity contribution in [1.29, 1.82) is 0 Å². The van der Waals surface area contributed by atoms with Crippen molar-refractivity contribution in [1.82, 2.24) is 19.4 Å². The lowest BCUT2D eigenvalue weighted by Gasteiger charge is -2.25. The van der Waals surface area contributed by atoms with E-state index < -0.39 is 0 Å². The Morgan fingerprint density at radius 3 is 2.62 bits per heavy atom. The minimum absolute atomic E-state index is 0.106. The first-order valence-electron chi connectivity index (χ1n) is 14.8. The molecule has 42 heavy (non-hydrogen) atoms. The summed E-state index contributed by atoms with van der Waals surface area (Å²) in [7, 11) is 0. The zero-order valence-electron chi connectivity index (χ0n) is 24.0. The fourth-order valence-corrected chi connectivity index (χ4v) is 7.79. The van der Waals surface area contributed by atoms with Gasteiger partial charge >= 0.3 is 0 Å². The van der Waals surface area contributed by atoms with Crippen LogP contribution in [0.4, 0.5) is 0 Å². The number of thioether (sulfide) groups is 1. The van der Waals surface area contributed by atoms with Gasteiger partial charge in [0.25, 0.3) is 5.56 Å². The quantitative estimate of drug-likeness (QED) is 0.159. The number of carbonyl (C=O) groups is 1. The van der Waals surface area contributed by atoms with Crippen LogP contribution in [0.5, 0.6) is 0 Å². The van der Waals surface area contributed by atoms with Gasteiger partial charge in [0.15, 0.2) is 5.16 Å². The molecule has 0 saturated carbocycles. The second-order valence-electron chi connectivity index (χ2n) is 12.0. The number of amides is 1. The summed E-state index contributed by atoms with van der Waals surface area (Å²) in [4.78, 5) is 36.3. The van der Waals surface area contributed by atoms with Crippen LogP contribution in [0.15, 0.2) is 88.8 Å². The topological polar surface area (TPSA) is 58.4 Å². The third-order valence-electron chi connectivity index (χ3n) is 8.73. The maximum Gasteiger partial charge on any atom is 0.266 e. The number of hydrogen-bond donors (Lipinski definition) is 0. The minimum Gasteiger partial charge on any atom is -0.342 e. The van der Waals surface area contributed by atoms with Crippen molar-refractivity contribution < 1.29 is 4.79 Å². The van der Waals surface area contributed by atoms with Gasteiger partial charge in [0.1, 0.15) is 0 Å². The normalized spacial score (nSPS) is 19.6. The van der Waals surface area contributed by atoms with Crippen LogP contribution in [0.2, 0.25) is 5.02 Å². The molecular formula is C34H37ClN4O2S. The number of halogens is 1. The van der Waals surface area contributed by atoms with Gasteiger partial charge < -0.3 is 4.90 Å². The predicted molar refractivity (Wildman–Crippen MR) is 171 cm³/mol. The van der Waals surface area contributed by atoms with E-state index in [-0.39, 0.29) is 22.8 Å². The summed E-state index contributed by atoms with van der Waals surface area (Å²) < 4.78 is 1.65. The molecule has 0 radical (unpaired) electrons. The molecule has 3 aromatic carbocycles. The molecule has 2 aliphatic rings. The Morgan fingerprint density at radius 2 is 1.79 bits per heavy atom. The summed E-state index contributed by atoms with van der Waals surface area (Å²) in [5.74, 6) is 1.27.